The van der Waals surface area contributed by atoms with Crippen LogP contribution in [-0.2, 0) is 16.1 Å². The van der Waals surface area contributed by atoms with Gasteiger partial charge in [0.25, 0.3) is 0 Å². The molecule has 0 bridgehead atoms. The summed E-state index contributed by atoms with van der Waals surface area (Å²) in [4.78, 5) is 0. The van der Waals surface area contributed by atoms with Crippen molar-refractivity contribution in [1.82, 2.24) is 0 Å². The van der Waals surface area contributed by atoms with Gasteiger partial charge in [0.2, 0.25) is 0 Å². The van der Waals surface area contributed by atoms with Crippen molar-refractivity contribution >= 4 is 8.07 Å². The Labute approximate surface area is 118 Å². The summed E-state index contributed by atoms with van der Waals surface area (Å²) in [5.74, 6) is 0. The lowest BCUT2D eigenvalue weighted by Crippen LogP contribution is -2.27. The molecule has 1 saturated heterocycles. The first-order chi connectivity index (χ1) is 9.03. The largest absolute Gasteiger partial charge is 0.374 e. The maximum absolute atomic E-state index is 6.09. The van der Waals surface area contributed by atoms with E-state index >= 15 is 0 Å². The standard InChI is InChI=1S/C16H26O2Si/c1-19(2,3)13-16-10-9-15(18-16)12-17-11-14-7-5-4-6-8-14/h4-8,15-16H,9-13H2,1-3H3/t15-,16+/m1/s1. The minimum atomic E-state index is -1.00. The van der Waals surface area contributed by atoms with Crippen LogP contribution in [0.25, 0.3) is 0 Å². The van der Waals surface area contributed by atoms with Crippen molar-refractivity contribution in [2.45, 2.75) is 57.3 Å². The molecule has 0 saturated carbocycles. The summed E-state index contributed by atoms with van der Waals surface area (Å²) in [6.45, 7) is 8.66. The molecule has 3 heteroatoms. The Morgan fingerprint density at radius 1 is 1.11 bits per heavy atom. The average molecular weight is 278 g/mol. The van der Waals surface area contributed by atoms with Gasteiger partial charge in [-0.3, -0.25) is 0 Å². The second kappa shape index (κ2) is 6.68. The van der Waals surface area contributed by atoms with Gasteiger partial charge in [-0.05, 0) is 24.4 Å². The molecule has 0 N–H and O–H groups in total. The minimum absolute atomic E-state index is 0.310. The van der Waals surface area contributed by atoms with Crippen molar-refractivity contribution in [2.24, 2.45) is 0 Å². The summed E-state index contributed by atoms with van der Waals surface area (Å²) >= 11 is 0. The average Bonchev–Trinajstić information content (AvgIpc) is 2.76. The molecule has 2 rings (SSSR count). The second-order valence-corrected chi connectivity index (χ2v) is 12.3. The van der Waals surface area contributed by atoms with Crippen LogP contribution in [-0.4, -0.2) is 26.9 Å². The van der Waals surface area contributed by atoms with Gasteiger partial charge in [0.1, 0.15) is 0 Å². The fourth-order valence-corrected chi connectivity index (χ4v) is 4.28. The highest BCUT2D eigenvalue weighted by atomic mass is 28.3. The molecule has 0 radical (unpaired) electrons. The summed E-state index contributed by atoms with van der Waals surface area (Å²) in [5, 5.41) is 0. The van der Waals surface area contributed by atoms with Gasteiger partial charge in [-0.2, -0.15) is 0 Å². The van der Waals surface area contributed by atoms with Gasteiger partial charge in [-0.1, -0.05) is 50.0 Å². The van der Waals surface area contributed by atoms with E-state index in [2.05, 4.69) is 43.9 Å². The van der Waals surface area contributed by atoms with Crippen molar-refractivity contribution < 1.29 is 9.47 Å². The molecular formula is C16H26O2Si. The molecule has 106 valence electrons. The van der Waals surface area contributed by atoms with Crippen LogP contribution in [0.3, 0.4) is 0 Å². The van der Waals surface area contributed by atoms with E-state index in [-0.39, 0.29) is 0 Å². The van der Waals surface area contributed by atoms with E-state index in [0.29, 0.717) is 18.8 Å². The van der Waals surface area contributed by atoms with Crippen LogP contribution in [0.2, 0.25) is 25.7 Å². The molecule has 1 aromatic rings. The van der Waals surface area contributed by atoms with E-state index in [0.717, 1.165) is 13.0 Å². The Bertz CT molecular complexity index is 372. The van der Waals surface area contributed by atoms with E-state index in [9.17, 15) is 0 Å². The van der Waals surface area contributed by atoms with E-state index in [4.69, 9.17) is 9.47 Å². The van der Waals surface area contributed by atoms with Gasteiger partial charge in [0, 0.05) is 8.07 Å². The fourth-order valence-electron chi connectivity index (χ4n) is 2.62. The third-order valence-electron chi connectivity index (χ3n) is 3.45. The van der Waals surface area contributed by atoms with E-state index < -0.39 is 8.07 Å². The smallest absolute Gasteiger partial charge is 0.0813 e. The molecule has 0 unspecified atom stereocenters. The maximum atomic E-state index is 6.09. The van der Waals surface area contributed by atoms with Crippen molar-refractivity contribution in [3.63, 3.8) is 0 Å². The molecule has 2 atom stereocenters. The number of benzene rings is 1. The van der Waals surface area contributed by atoms with Crippen LogP contribution in [0, 0.1) is 0 Å². The predicted octanol–water partition coefficient (Wildman–Crippen LogP) is 4.09. The Morgan fingerprint density at radius 2 is 1.79 bits per heavy atom. The number of rotatable bonds is 6. The molecule has 1 fully saturated rings. The summed E-state index contributed by atoms with van der Waals surface area (Å²) in [7, 11) is -1.00. The first kappa shape index (κ1) is 14.8. The number of hydrogen-bond donors (Lipinski definition) is 0. The first-order valence-corrected chi connectivity index (χ1v) is 11.0. The Balaban J connectivity index is 1.66. The third kappa shape index (κ3) is 5.47. The molecule has 1 aliphatic heterocycles. The van der Waals surface area contributed by atoms with Crippen LogP contribution in [0.5, 0.6) is 0 Å². The quantitative estimate of drug-likeness (QED) is 0.730. The van der Waals surface area contributed by atoms with Crippen molar-refractivity contribution in [3.05, 3.63) is 35.9 Å². The Kier molecular flexibility index (Phi) is 5.19. The zero-order chi connectivity index (χ0) is 13.7. The van der Waals surface area contributed by atoms with Crippen molar-refractivity contribution in [2.75, 3.05) is 6.61 Å². The van der Waals surface area contributed by atoms with Gasteiger partial charge < -0.3 is 9.47 Å². The third-order valence-corrected chi connectivity index (χ3v) is 5.13. The summed E-state index contributed by atoms with van der Waals surface area (Å²) in [5.41, 5.74) is 1.24. The normalized spacial score (nSPS) is 23.7. The Hall–Kier alpha value is -0.643. The van der Waals surface area contributed by atoms with Crippen LogP contribution >= 0.6 is 0 Å². The molecule has 1 aromatic carbocycles. The topological polar surface area (TPSA) is 18.5 Å². The van der Waals surface area contributed by atoms with Crippen LogP contribution in [0.4, 0.5) is 0 Å². The molecule has 19 heavy (non-hydrogen) atoms. The fraction of sp³-hybridized carbons (Fsp3) is 0.625. The lowest BCUT2D eigenvalue weighted by atomic mass is 10.2. The molecule has 0 aromatic heterocycles. The lowest BCUT2D eigenvalue weighted by Gasteiger charge is -2.21. The summed E-state index contributed by atoms with van der Waals surface area (Å²) in [6.07, 6.45) is 3.16. The molecular weight excluding hydrogens is 252 g/mol. The molecule has 0 amide bonds. The molecule has 0 spiro atoms. The highest BCUT2D eigenvalue weighted by Gasteiger charge is 2.29. The highest BCUT2D eigenvalue weighted by molar-refractivity contribution is 6.76. The van der Waals surface area contributed by atoms with E-state index in [1.807, 2.05) is 6.07 Å². The second-order valence-electron chi connectivity index (χ2n) is 6.72. The minimum Gasteiger partial charge on any atom is -0.374 e. The number of hydrogen-bond acceptors (Lipinski definition) is 2. The number of ether oxygens (including phenoxy) is 2. The Morgan fingerprint density at radius 3 is 2.47 bits per heavy atom. The zero-order valence-electron chi connectivity index (χ0n) is 12.4. The molecule has 0 aliphatic carbocycles. The van der Waals surface area contributed by atoms with Crippen LogP contribution < -0.4 is 0 Å². The van der Waals surface area contributed by atoms with Gasteiger partial charge in [-0.25, -0.2) is 0 Å². The molecule has 1 aliphatic rings. The first-order valence-electron chi connectivity index (χ1n) is 7.30. The SMILES string of the molecule is C[Si](C)(C)C[C@@H]1CC[C@H](COCc2ccccc2)O1. The van der Waals surface area contributed by atoms with Gasteiger partial charge in [0.15, 0.2) is 0 Å². The molecule has 1 heterocycles. The highest BCUT2D eigenvalue weighted by Crippen LogP contribution is 2.27. The predicted molar refractivity (Wildman–Crippen MR) is 82.1 cm³/mol. The van der Waals surface area contributed by atoms with Crippen LogP contribution in [0.1, 0.15) is 18.4 Å². The van der Waals surface area contributed by atoms with E-state index in [1.165, 1.54) is 18.0 Å². The van der Waals surface area contributed by atoms with Crippen molar-refractivity contribution in [1.29, 1.82) is 0 Å². The van der Waals surface area contributed by atoms with Crippen LogP contribution in [0.15, 0.2) is 30.3 Å². The van der Waals surface area contributed by atoms with E-state index in [1.54, 1.807) is 0 Å². The maximum Gasteiger partial charge on any atom is 0.0813 e. The summed E-state index contributed by atoms with van der Waals surface area (Å²) in [6, 6.07) is 11.6. The van der Waals surface area contributed by atoms with Gasteiger partial charge in [-0.15, -0.1) is 0 Å². The van der Waals surface area contributed by atoms with Crippen molar-refractivity contribution in [3.8, 4) is 0 Å². The molecule has 2 nitrogen and oxygen atoms in total. The lowest BCUT2D eigenvalue weighted by molar-refractivity contribution is -0.0145. The van der Waals surface area contributed by atoms with Gasteiger partial charge >= 0.3 is 0 Å². The monoisotopic (exact) mass is 278 g/mol. The van der Waals surface area contributed by atoms with Gasteiger partial charge in [0.05, 0.1) is 25.4 Å². The summed E-state index contributed by atoms with van der Waals surface area (Å²) < 4.78 is 11.9. The zero-order valence-corrected chi connectivity index (χ0v) is 13.4.